The highest BCUT2D eigenvalue weighted by Gasteiger charge is 2.06. The van der Waals surface area contributed by atoms with Crippen molar-refractivity contribution in [3.05, 3.63) is 51.3 Å². The number of fused-ring (bicyclic) bond motifs is 1. The van der Waals surface area contributed by atoms with Crippen LogP contribution in [-0.4, -0.2) is 12.1 Å². The molecule has 0 unspecified atom stereocenters. The van der Waals surface area contributed by atoms with E-state index in [0.717, 1.165) is 33.4 Å². The lowest BCUT2D eigenvalue weighted by Crippen LogP contribution is -2.00. The molecule has 0 fully saturated rings. The smallest absolute Gasteiger partial charge is 0.134 e. The van der Waals surface area contributed by atoms with E-state index in [4.69, 9.17) is 4.74 Å². The zero-order chi connectivity index (χ0) is 13.9. The first-order valence-electron chi connectivity index (χ1n) is 6.16. The predicted octanol–water partition coefficient (Wildman–Crippen LogP) is 4.68. The quantitative estimate of drug-likeness (QED) is 0.743. The maximum atomic E-state index is 5.39. The molecule has 3 rings (SSSR count). The molecule has 20 heavy (non-hydrogen) atoms. The van der Waals surface area contributed by atoms with E-state index in [1.165, 1.54) is 4.88 Å². The zero-order valence-corrected chi connectivity index (χ0v) is 13.3. The van der Waals surface area contributed by atoms with Gasteiger partial charge in [-0.2, -0.15) is 0 Å². The van der Waals surface area contributed by atoms with Crippen LogP contribution in [-0.2, 0) is 6.54 Å². The summed E-state index contributed by atoms with van der Waals surface area (Å²) in [5.74, 6) is 1.75. The Bertz CT molecular complexity index is 742. The van der Waals surface area contributed by atoms with Gasteiger partial charge in [0.1, 0.15) is 11.6 Å². The number of anilines is 1. The summed E-state index contributed by atoms with van der Waals surface area (Å²) in [7, 11) is 1.69. The van der Waals surface area contributed by atoms with E-state index in [1.807, 2.05) is 18.2 Å². The maximum Gasteiger partial charge on any atom is 0.134 e. The number of halogens is 1. The van der Waals surface area contributed by atoms with Crippen molar-refractivity contribution < 1.29 is 4.74 Å². The minimum absolute atomic E-state index is 0.763. The number of benzene rings is 1. The summed E-state index contributed by atoms with van der Waals surface area (Å²) in [4.78, 5) is 5.69. The van der Waals surface area contributed by atoms with Gasteiger partial charge in [0.25, 0.3) is 0 Å². The highest BCUT2D eigenvalue weighted by Crippen LogP contribution is 2.29. The second kappa shape index (κ2) is 5.81. The third-order valence-corrected chi connectivity index (χ3v) is 4.74. The van der Waals surface area contributed by atoms with Crippen LogP contribution in [0.4, 0.5) is 5.82 Å². The van der Waals surface area contributed by atoms with Crippen molar-refractivity contribution in [2.24, 2.45) is 0 Å². The van der Waals surface area contributed by atoms with E-state index in [-0.39, 0.29) is 0 Å². The van der Waals surface area contributed by atoms with Crippen molar-refractivity contribution in [1.29, 1.82) is 0 Å². The van der Waals surface area contributed by atoms with E-state index in [1.54, 1.807) is 24.6 Å². The first-order chi connectivity index (χ1) is 9.78. The molecule has 0 atom stereocenters. The number of rotatable bonds is 4. The molecule has 1 aromatic carbocycles. The molecule has 0 aliphatic rings. The first kappa shape index (κ1) is 13.4. The van der Waals surface area contributed by atoms with Gasteiger partial charge in [0.05, 0.1) is 13.7 Å². The largest absolute Gasteiger partial charge is 0.496 e. The first-order valence-corrected chi connectivity index (χ1v) is 7.83. The van der Waals surface area contributed by atoms with Gasteiger partial charge in [-0.3, -0.25) is 0 Å². The van der Waals surface area contributed by atoms with E-state index < -0.39 is 0 Å². The lowest BCUT2D eigenvalue weighted by atomic mass is 10.1. The third kappa shape index (κ3) is 2.64. The Morgan fingerprint density at radius 3 is 2.95 bits per heavy atom. The van der Waals surface area contributed by atoms with Crippen LogP contribution in [0, 0.1) is 0 Å². The van der Waals surface area contributed by atoms with Crippen molar-refractivity contribution in [2.75, 3.05) is 12.4 Å². The van der Waals surface area contributed by atoms with Gasteiger partial charge in [-0.05, 0) is 34.1 Å². The van der Waals surface area contributed by atoms with Crippen molar-refractivity contribution in [3.63, 3.8) is 0 Å². The number of thiophene rings is 1. The van der Waals surface area contributed by atoms with Gasteiger partial charge in [0.15, 0.2) is 0 Å². The van der Waals surface area contributed by atoms with E-state index in [0.29, 0.717) is 0 Å². The second-order valence-corrected chi connectivity index (χ2v) is 6.21. The minimum atomic E-state index is 0.763. The molecule has 0 saturated heterocycles. The predicted molar refractivity (Wildman–Crippen MR) is 87.6 cm³/mol. The monoisotopic (exact) mass is 348 g/mol. The highest BCUT2D eigenvalue weighted by atomic mass is 79.9. The zero-order valence-electron chi connectivity index (χ0n) is 10.9. The molecule has 3 aromatic rings. The molecule has 0 amide bonds. The van der Waals surface area contributed by atoms with Crippen molar-refractivity contribution in [3.8, 4) is 5.75 Å². The highest BCUT2D eigenvalue weighted by molar-refractivity contribution is 9.10. The van der Waals surface area contributed by atoms with Gasteiger partial charge in [0, 0.05) is 31.7 Å². The molecule has 5 heteroatoms. The SMILES string of the molecule is COc1cccc2c(NCc3cc(Br)cs3)nccc12. The van der Waals surface area contributed by atoms with Crippen LogP contribution in [0.25, 0.3) is 10.8 Å². The van der Waals surface area contributed by atoms with Crippen LogP contribution in [0.5, 0.6) is 5.75 Å². The third-order valence-electron chi connectivity index (χ3n) is 3.04. The molecule has 3 nitrogen and oxygen atoms in total. The molecule has 0 bridgehead atoms. The van der Waals surface area contributed by atoms with E-state index >= 15 is 0 Å². The molecule has 0 spiro atoms. The maximum absolute atomic E-state index is 5.39. The summed E-state index contributed by atoms with van der Waals surface area (Å²) in [5.41, 5.74) is 0. The Morgan fingerprint density at radius 2 is 2.20 bits per heavy atom. The molecule has 0 aliphatic carbocycles. The number of pyridine rings is 1. The number of nitrogens with one attached hydrogen (secondary N) is 1. The summed E-state index contributed by atoms with van der Waals surface area (Å²) in [6.07, 6.45) is 1.80. The summed E-state index contributed by atoms with van der Waals surface area (Å²) in [6, 6.07) is 10.1. The molecule has 1 N–H and O–H groups in total. The Kier molecular flexibility index (Phi) is 3.89. The topological polar surface area (TPSA) is 34.1 Å². The van der Waals surface area contributed by atoms with Gasteiger partial charge in [0.2, 0.25) is 0 Å². The normalized spacial score (nSPS) is 10.7. The number of ether oxygens (including phenoxy) is 1. The molecule has 2 heterocycles. The Morgan fingerprint density at radius 1 is 1.30 bits per heavy atom. The molecule has 0 radical (unpaired) electrons. The Labute approximate surface area is 129 Å². The van der Waals surface area contributed by atoms with E-state index in [2.05, 4.69) is 43.7 Å². The molecule has 0 saturated carbocycles. The van der Waals surface area contributed by atoms with Crippen LogP contribution in [0.1, 0.15) is 4.88 Å². The van der Waals surface area contributed by atoms with Crippen molar-refractivity contribution in [2.45, 2.75) is 6.54 Å². The number of nitrogens with zero attached hydrogens (tertiary/aromatic N) is 1. The van der Waals surface area contributed by atoms with Gasteiger partial charge >= 0.3 is 0 Å². The second-order valence-electron chi connectivity index (χ2n) is 4.30. The number of hydrogen-bond acceptors (Lipinski definition) is 4. The standard InChI is InChI=1S/C15H13BrN2OS/c1-19-14-4-2-3-13-12(14)5-6-17-15(13)18-8-11-7-10(16)9-20-11/h2-7,9H,8H2,1H3,(H,17,18). The Balaban J connectivity index is 1.91. The number of aromatic nitrogens is 1. The summed E-state index contributed by atoms with van der Waals surface area (Å²) < 4.78 is 6.51. The fourth-order valence-electron chi connectivity index (χ4n) is 2.11. The average Bonchev–Trinajstić information content (AvgIpc) is 2.90. The molecule has 2 aromatic heterocycles. The molecule has 102 valence electrons. The average molecular weight is 349 g/mol. The molecular formula is C15H13BrN2OS. The lowest BCUT2D eigenvalue weighted by Gasteiger charge is -2.10. The van der Waals surface area contributed by atoms with Gasteiger partial charge in [-0.15, -0.1) is 11.3 Å². The van der Waals surface area contributed by atoms with Crippen LogP contribution in [0.15, 0.2) is 46.4 Å². The van der Waals surface area contributed by atoms with Crippen LogP contribution >= 0.6 is 27.3 Å². The summed E-state index contributed by atoms with van der Waals surface area (Å²) in [6.45, 7) is 0.763. The van der Waals surface area contributed by atoms with Gasteiger partial charge in [-0.1, -0.05) is 12.1 Å². The summed E-state index contributed by atoms with van der Waals surface area (Å²) in [5, 5.41) is 7.61. The minimum Gasteiger partial charge on any atom is -0.496 e. The van der Waals surface area contributed by atoms with Crippen LogP contribution < -0.4 is 10.1 Å². The van der Waals surface area contributed by atoms with Crippen molar-refractivity contribution >= 4 is 43.9 Å². The van der Waals surface area contributed by atoms with Crippen LogP contribution in [0.3, 0.4) is 0 Å². The lowest BCUT2D eigenvalue weighted by molar-refractivity contribution is 0.420. The fraction of sp³-hybridized carbons (Fsp3) is 0.133. The number of hydrogen-bond donors (Lipinski definition) is 1. The fourth-order valence-corrected chi connectivity index (χ4v) is 3.51. The van der Waals surface area contributed by atoms with Crippen molar-refractivity contribution in [1.82, 2.24) is 4.98 Å². The molecular weight excluding hydrogens is 336 g/mol. The van der Waals surface area contributed by atoms with Crippen LogP contribution in [0.2, 0.25) is 0 Å². The van der Waals surface area contributed by atoms with Gasteiger partial charge < -0.3 is 10.1 Å². The number of methoxy groups -OCH3 is 1. The molecule has 0 aliphatic heterocycles. The van der Waals surface area contributed by atoms with E-state index in [9.17, 15) is 0 Å². The Hall–Kier alpha value is -1.59. The van der Waals surface area contributed by atoms with Gasteiger partial charge in [-0.25, -0.2) is 4.98 Å². The summed E-state index contributed by atoms with van der Waals surface area (Å²) >= 11 is 5.19.